The van der Waals surface area contributed by atoms with Crippen LogP contribution in [0.3, 0.4) is 0 Å². The van der Waals surface area contributed by atoms with E-state index in [1.54, 1.807) is 11.0 Å². The molecule has 0 unspecified atom stereocenters. The first kappa shape index (κ1) is 23.5. The molecule has 7 heteroatoms. The summed E-state index contributed by atoms with van der Waals surface area (Å²) in [5.41, 5.74) is 6.07. The van der Waals surface area contributed by atoms with Crippen molar-refractivity contribution in [1.82, 2.24) is 14.8 Å². The van der Waals surface area contributed by atoms with E-state index >= 15 is 0 Å². The number of carbonyl (C=O) groups is 2. The Bertz CT molecular complexity index is 1340. The van der Waals surface area contributed by atoms with Gasteiger partial charge in [-0.3, -0.25) is 9.59 Å². The van der Waals surface area contributed by atoms with E-state index in [9.17, 15) is 9.59 Å². The molecule has 5 rings (SSSR count). The Balaban J connectivity index is 1.26. The van der Waals surface area contributed by atoms with Crippen LogP contribution in [0.5, 0.6) is 0 Å². The van der Waals surface area contributed by atoms with Crippen LogP contribution in [0.1, 0.15) is 48.0 Å². The fourth-order valence-electron chi connectivity index (χ4n) is 4.66. The molecule has 182 valence electrons. The maximum absolute atomic E-state index is 12.8. The van der Waals surface area contributed by atoms with Crippen LogP contribution in [-0.4, -0.2) is 26.6 Å². The molecule has 0 saturated heterocycles. The minimum atomic E-state index is -0.180. The van der Waals surface area contributed by atoms with Crippen molar-refractivity contribution >= 4 is 23.2 Å². The van der Waals surface area contributed by atoms with E-state index in [0.717, 1.165) is 53.7 Å². The van der Waals surface area contributed by atoms with Gasteiger partial charge in [0.05, 0.1) is 5.69 Å². The van der Waals surface area contributed by atoms with E-state index in [2.05, 4.69) is 20.7 Å². The van der Waals surface area contributed by atoms with Gasteiger partial charge in [0.2, 0.25) is 5.91 Å². The summed E-state index contributed by atoms with van der Waals surface area (Å²) in [6, 6.07) is 20.9. The van der Waals surface area contributed by atoms with Gasteiger partial charge in [0, 0.05) is 22.9 Å². The van der Waals surface area contributed by atoms with Gasteiger partial charge in [-0.2, -0.15) is 5.10 Å². The lowest BCUT2D eigenvalue weighted by Gasteiger charge is -2.21. The van der Waals surface area contributed by atoms with E-state index in [-0.39, 0.29) is 17.7 Å². The molecule has 0 bridgehead atoms. The van der Waals surface area contributed by atoms with Gasteiger partial charge in [-0.05, 0) is 85.0 Å². The molecule has 4 aromatic rings. The van der Waals surface area contributed by atoms with Crippen molar-refractivity contribution in [3.63, 3.8) is 0 Å². The van der Waals surface area contributed by atoms with Crippen LogP contribution >= 0.6 is 0 Å². The smallest absolute Gasteiger partial charge is 0.255 e. The zero-order chi connectivity index (χ0) is 24.9. The average molecular weight is 480 g/mol. The highest BCUT2D eigenvalue weighted by atomic mass is 16.2. The molecule has 36 heavy (non-hydrogen) atoms. The topological polar surface area (TPSA) is 88.9 Å². The second-order valence-electron chi connectivity index (χ2n) is 9.27. The van der Waals surface area contributed by atoms with Crippen molar-refractivity contribution in [2.24, 2.45) is 5.92 Å². The Labute approximate surface area is 210 Å². The third-order valence-electron chi connectivity index (χ3n) is 6.75. The molecule has 1 saturated carbocycles. The Morgan fingerprint density at radius 2 is 1.58 bits per heavy atom. The van der Waals surface area contributed by atoms with E-state index in [0.29, 0.717) is 11.3 Å². The Morgan fingerprint density at radius 1 is 0.861 bits per heavy atom. The maximum Gasteiger partial charge on any atom is 0.255 e. The minimum absolute atomic E-state index is 0.111. The van der Waals surface area contributed by atoms with Crippen molar-refractivity contribution in [3.05, 3.63) is 90.5 Å². The lowest BCUT2D eigenvalue weighted by molar-refractivity contribution is -0.120. The molecule has 1 aliphatic rings. The number of anilines is 2. The molecule has 3 aromatic carbocycles. The van der Waals surface area contributed by atoms with Crippen LogP contribution in [0.25, 0.3) is 16.8 Å². The Kier molecular flexibility index (Phi) is 6.89. The van der Waals surface area contributed by atoms with Crippen molar-refractivity contribution in [2.45, 2.75) is 39.0 Å². The second kappa shape index (κ2) is 10.6. The fourth-order valence-corrected chi connectivity index (χ4v) is 4.66. The number of nitrogens with zero attached hydrogens (tertiary/aromatic N) is 3. The highest BCUT2D eigenvalue weighted by molar-refractivity contribution is 6.04. The first-order valence-electron chi connectivity index (χ1n) is 12.4. The van der Waals surface area contributed by atoms with Crippen LogP contribution < -0.4 is 10.6 Å². The van der Waals surface area contributed by atoms with Gasteiger partial charge in [0.25, 0.3) is 5.91 Å². The summed E-state index contributed by atoms with van der Waals surface area (Å²) < 4.78 is 1.66. The van der Waals surface area contributed by atoms with E-state index in [1.165, 1.54) is 12.7 Å². The van der Waals surface area contributed by atoms with Crippen LogP contribution in [0.2, 0.25) is 0 Å². The van der Waals surface area contributed by atoms with Gasteiger partial charge in [0.1, 0.15) is 12.7 Å². The monoisotopic (exact) mass is 479 g/mol. The second-order valence-corrected chi connectivity index (χ2v) is 9.27. The normalized spacial score (nSPS) is 13.8. The van der Waals surface area contributed by atoms with Gasteiger partial charge < -0.3 is 10.6 Å². The lowest BCUT2D eigenvalue weighted by atomic mass is 9.88. The third kappa shape index (κ3) is 5.35. The molecule has 1 aromatic heterocycles. The average Bonchev–Trinajstić information content (AvgIpc) is 3.46. The van der Waals surface area contributed by atoms with Crippen molar-refractivity contribution in [2.75, 3.05) is 10.6 Å². The number of carbonyl (C=O) groups excluding carboxylic acids is 2. The molecular formula is C29H29N5O2. The van der Waals surface area contributed by atoms with E-state index < -0.39 is 0 Å². The third-order valence-corrected chi connectivity index (χ3v) is 6.75. The molecule has 0 spiro atoms. The standard InChI is InChI=1S/C29H29N5O2/c1-20-7-12-25(33-28(35)22-5-3-2-4-6-22)17-27(20)21-8-10-23(11-9-21)29(36)32-24-13-15-26(16-14-24)34-19-30-18-31-34/h7-19,22H,2-6H2,1H3,(H,32,36)(H,33,35). The molecular weight excluding hydrogens is 450 g/mol. The summed E-state index contributed by atoms with van der Waals surface area (Å²) in [6.45, 7) is 2.05. The molecule has 2 amide bonds. The molecule has 1 fully saturated rings. The molecule has 2 N–H and O–H groups in total. The van der Waals surface area contributed by atoms with Crippen molar-refractivity contribution in [3.8, 4) is 16.8 Å². The van der Waals surface area contributed by atoms with Gasteiger partial charge in [-0.1, -0.05) is 37.5 Å². The summed E-state index contributed by atoms with van der Waals surface area (Å²) in [5, 5.41) is 10.1. The van der Waals surface area contributed by atoms with E-state index in [4.69, 9.17) is 0 Å². The summed E-state index contributed by atoms with van der Waals surface area (Å²) >= 11 is 0. The highest BCUT2D eigenvalue weighted by Crippen LogP contribution is 2.29. The van der Waals surface area contributed by atoms with Gasteiger partial charge in [0.15, 0.2) is 0 Å². The summed E-state index contributed by atoms with van der Waals surface area (Å²) in [6.07, 6.45) is 8.53. The fraction of sp³-hybridized carbons (Fsp3) is 0.241. The number of aryl methyl sites for hydroxylation is 1. The van der Waals surface area contributed by atoms with Crippen LogP contribution in [0.4, 0.5) is 11.4 Å². The number of rotatable bonds is 6. The zero-order valence-corrected chi connectivity index (χ0v) is 20.3. The first-order chi connectivity index (χ1) is 17.6. The lowest BCUT2D eigenvalue weighted by Crippen LogP contribution is -2.24. The summed E-state index contributed by atoms with van der Waals surface area (Å²) in [5.74, 6) is 0.0474. The van der Waals surface area contributed by atoms with Crippen LogP contribution in [0, 0.1) is 12.8 Å². The molecule has 7 nitrogen and oxygen atoms in total. The first-order valence-corrected chi connectivity index (χ1v) is 12.4. The van der Waals surface area contributed by atoms with Crippen LogP contribution in [0.15, 0.2) is 79.4 Å². The quantitative estimate of drug-likeness (QED) is 0.354. The summed E-state index contributed by atoms with van der Waals surface area (Å²) in [4.78, 5) is 29.4. The number of amides is 2. The molecule has 0 radical (unpaired) electrons. The molecule has 0 aliphatic heterocycles. The predicted molar refractivity (Wildman–Crippen MR) is 141 cm³/mol. The number of nitrogens with one attached hydrogen (secondary N) is 2. The molecule has 0 atom stereocenters. The number of hydrogen-bond acceptors (Lipinski definition) is 4. The molecule has 1 heterocycles. The SMILES string of the molecule is Cc1ccc(NC(=O)C2CCCCC2)cc1-c1ccc(C(=O)Nc2ccc(-n3cncn3)cc2)cc1. The number of aromatic nitrogens is 3. The predicted octanol–water partition coefficient (Wildman–Crippen LogP) is 6.01. The highest BCUT2D eigenvalue weighted by Gasteiger charge is 2.21. The van der Waals surface area contributed by atoms with Gasteiger partial charge in [-0.15, -0.1) is 0 Å². The van der Waals surface area contributed by atoms with Gasteiger partial charge >= 0.3 is 0 Å². The van der Waals surface area contributed by atoms with Crippen molar-refractivity contribution < 1.29 is 9.59 Å². The minimum Gasteiger partial charge on any atom is -0.326 e. The number of hydrogen-bond donors (Lipinski definition) is 2. The Hall–Kier alpha value is -4.26. The van der Waals surface area contributed by atoms with Crippen LogP contribution in [-0.2, 0) is 4.79 Å². The number of benzene rings is 3. The molecule has 1 aliphatic carbocycles. The zero-order valence-electron chi connectivity index (χ0n) is 20.3. The maximum atomic E-state index is 12.8. The van der Waals surface area contributed by atoms with E-state index in [1.807, 2.05) is 73.7 Å². The largest absolute Gasteiger partial charge is 0.326 e. The van der Waals surface area contributed by atoms with Gasteiger partial charge in [-0.25, -0.2) is 9.67 Å². The van der Waals surface area contributed by atoms with Crippen molar-refractivity contribution in [1.29, 1.82) is 0 Å². The summed E-state index contributed by atoms with van der Waals surface area (Å²) in [7, 11) is 0. The Morgan fingerprint density at radius 3 is 2.28 bits per heavy atom.